The van der Waals surface area contributed by atoms with Gasteiger partial charge in [0.2, 0.25) is 5.95 Å². The van der Waals surface area contributed by atoms with Gasteiger partial charge >= 0.3 is 0 Å². The van der Waals surface area contributed by atoms with E-state index in [0.29, 0.717) is 5.95 Å². The molecule has 1 saturated heterocycles. The molecule has 0 aliphatic carbocycles. The first-order valence-corrected chi connectivity index (χ1v) is 10.8. The van der Waals surface area contributed by atoms with E-state index >= 15 is 0 Å². The second-order valence-corrected chi connectivity index (χ2v) is 8.10. The zero-order valence-electron chi connectivity index (χ0n) is 18.7. The van der Waals surface area contributed by atoms with Gasteiger partial charge in [0.25, 0.3) is 0 Å². The largest absolute Gasteiger partial charge is 0.354 e. The van der Waals surface area contributed by atoms with E-state index in [1.807, 2.05) is 60.7 Å². The Balaban J connectivity index is 1.38. The molecule has 0 atom stereocenters. The van der Waals surface area contributed by atoms with Gasteiger partial charge in [0, 0.05) is 92.3 Å². The van der Waals surface area contributed by atoms with Crippen LogP contribution in [-0.4, -0.2) is 62.6 Å². The molecule has 0 radical (unpaired) electrons. The van der Waals surface area contributed by atoms with Crippen molar-refractivity contribution in [2.45, 2.75) is 0 Å². The lowest BCUT2D eigenvalue weighted by molar-refractivity contribution is 0.312. The summed E-state index contributed by atoms with van der Waals surface area (Å²) < 4.78 is 1.90. The van der Waals surface area contributed by atoms with E-state index in [1.165, 1.54) is 0 Å². The van der Waals surface area contributed by atoms with Crippen molar-refractivity contribution < 1.29 is 0 Å². The van der Waals surface area contributed by atoms with Crippen LogP contribution in [0.15, 0.2) is 54.0 Å². The van der Waals surface area contributed by atoms with Crippen LogP contribution in [0.2, 0.25) is 0 Å². The predicted octanol–water partition coefficient (Wildman–Crippen LogP) is 2.35. The molecule has 9 heteroatoms. The van der Waals surface area contributed by atoms with Crippen LogP contribution in [0, 0.1) is 12.5 Å². The van der Waals surface area contributed by atoms with Crippen molar-refractivity contribution in [2.24, 2.45) is 12.0 Å². The molecule has 33 heavy (non-hydrogen) atoms. The monoisotopic (exact) mass is 439 g/mol. The maximum absolute atomic E-state index is 5.29. The molecule has 4 aromatic heterocycles. The fourth-order valence-electron chi connectivity index (χ4n) is 3.98. The maximum atomic E-state index is 5.29. The first-order chi connectivity index (χ1) is 16.1. The van der Waals surface area contributed by atoms with Crippen LogP contribution in [-0.2, 0) is 7.05 Å². The zero-order valence-corrected chi connectivity index (χ0v) is 18.7. The number of terminal acetylenes is 1. The van der Waals surface area contributed by atoms with E-state index in [2.05, 4.69) is 53.1 Å². The number of nitrogens with zero attached hydrogens (tertiary/aromatic N) is 7. The number of piperazine rings is 1. The Morgan fingerprint density at radius 1 is 1.12 bits per heavy atom. The van der Waals surface area contributed by atoms with E-state index in [9.17, 15) is 0 Å². The molecule has 1 aliphatic rings. The number of aromatic amines is 1. The van der Waals surface area contributed by atoms with Gasteiger partial charge in [-0.3, -0.25) is 0 Å². The molecule has 4 aromatic rings. The number of likely N-dealkylation sites (N-methyl/N-ethyl adjacent to an activating group) is 1. The minimum atomic E-state index is 0.528. The molecule has 1 fully saturated rings. The Morgan fingerprint density at radius 3 is 2.76 bits per heavy atom. The average Bonchev–Trinajstić information content (AvgIpc) is 3.24. The van der Waals surface area contributed by atoms with Gasteiger partial charge in [-0.15, -0.1) is 0 Å². The van der Waals surface area contributed by atoms with Crippen molar-refractivity contribution >= 4 is 28.5 Å². The van der Waals surface area contributed by atoms with E-state index < -0.39 is 0 Å². The number of rotatable bonds is 4. The summed E-state index contributed by atoms with van der Waals surface area (Å²) in [6.45, 7) is 4.01. The quantitative estimate of drug-likeness (QED) is 0.475. The predicted molar refractivity (Wildman–Crippen MR) is 130 cm³/mol. The van der Waals surface area contributed by atoms with E-state index in [1.54, 1.807) is 0 Å². The van der Waals surface area contributed by atoms with Crippen molar-refractivity contribution in [1.29, 1.82) is 0 Å². The van der Waals surface area contributed by atoms with Crippen molar-refractivity contribution in [3.63, 3.8) is 0 Å². The lowest BCUT2D eigenvalue weighted by Gasteiger charge is -2.33. The van der Waals surface area contributed by atoms with E-state index in [0.717, 1.165) is 65.3 Å². The average molecular weight is 440 g/mol. The summed E-state index contributed by atoms with van der Waals surface area (Å²) in [5.41, 5.74) is 4.42. The van der Waals surface area contributed by atoms with E-state index in [-0.39, 0.29) is 0 Å². The minimum Gasteiger partial charge on any atom is -0.354 e. The lowest BCUT2D eigenvalue weighted by atomic mass is 10.1. The summed E-state index contributed by atoms with van der Waals surface area (Å²) in [6.07, 6.45) is 12.9. The van der Waals surface area contributed by atoms with Crippen molar-refractivity contribution in [3.05, 3.63) is 54.5 Å². The number of hydrogen-bond donors (Lipinski definition) is 2. The molecule has 2 N–H and O–H groups in total. The number of anilines is 3. The van der Waals surface area contributed by atoms with Crippen molar-refractivity contribution in [3.8, 4) is 23.6 Å². The highest BCUT2D eigenvalue weighted by molar-refractivity contribution is 5.93. The Hall–Kier alpha value is -4.16. The molecule has 0 spiro atoms. The molecule has 166 valence electrons. The Morgan fingerprint density at radius 2 is 1.97 bits per heavy atom. The van der Waals surface area contributed by atoms with Crippen molar-refractivity contribution in [1.82, 2.24) is 29.4 Å². The number of hydrogen-bond acceptors (Lipinski definition) is 7. The smallest absolute Gasteiger partial charge is 0.229 e. The highest BCUT2D eigenvalue weighted by Gasteiger charge is 2.16. The van der Waals surface area contributed by atoms with Gasteiger partial charge in [-0.1, -0.05) is 6.42 Å². The normalized spacial score (nSPS) is 15.1. The number of aryl methyl sites for hydroxylation is 1. The minimum absolute atomic E-state index is 0.528. The third kappa shape index (κ3) is 4.29. The lowest BCUT2D eigenvalue weighted by Crippen LogP contribution is -2.44. The first-order valence-electron chi connectivity index (χ1n) is 10.8. The second-order valence-electron chi connectivity index (χ2n) is 8.10. The second kappa shape index (κ2) is 8.76. The molecule has 5 heterocycles. The SMILES string of the molecule is C#CN=c1ccc(-c2c[nH]c3nc(Nc4ccnc(N5CCN(C)CC5)c4)ncc23)cn1C. The molecule has 0 bridgehead atoms. The van der Waals surface area contributed by atoms with Gasteiger partial charge in [0.15, 0.2) is 0 Å². The third-order valence-corrected chi connectivity index (χ3v) is 5.86. The van der Waals surface area contributed by atoms with Crippen LogP contribution in [0.5, 0.6) is 0 Å². The van der Waals surface area contributed by atoms with Crippen LogP contribution in [0.4, 0.5) is 17.5 Å². The summed E-state index contributed by atoms with van der Waals surface area (Å²) in [5, 5.41) is 4.25. The number of pyridine rings is 2. The van der Waals surface area contributed by atoms with Gasteiger partial charge in [-0.05, 0) is 25.2 Å². The molecule has 1 aliphatic heterocycles. The molecule has 0 aromatic carbocycles. The third-order valence-electron chi connectivity index (χ3n) is 5.86. The number of aromatic nitrogens is 5. The van der Waals surface area contributed by atoms with Crippen molar-refractivity contribution in [2.75, 3.05) is 43.4 Å². The molecule has 0 amide bonds. The fourth-order valence-corrected chi connectivity index (χ4v) is 3.98. The Bertz CT molecular complexity index is 1400. The summed E-state index contributed by atoms with van der Waals surface area (Å²) in [4.78, 5) is 25.7. The summed E-state index contributed by atoms with van der Waals surface area (Å²) in [5.74, 6) is 1.49. The topological polar surface area (TPSA) is 90.3 Å². The molecular weight excluding hydrogens is 414 g/mol. The molecule has 0 unspecified atom stereocenters. The molecular formula is C24H25N9. The van der Waals surface area contributed by atoms with Crippen LogP contribution >= 0.6 is 0 Å². The standard InChI is InChI=1S/C24H25N9/c1-4-25-21-6-5-17(16-32(21)3)19-14-27-23-20(19)15-28-24(30-23)29-18-7-8-26-22(13-18)33-11-9-31(2)10-12-33/h1,5-8,13-16H,9-12H2,2-3H3,(H2,26,27,28,29,30). The highest BCUT2D eigenvalue weighted by Crippen LogP contribution is 2.28. The molecule has 9 nitrogen and oxygen atoms in total. The van der Waals surface area contributed by atoms with Gasteiger partial charge < -0.3 is 24.7 Å². The van der Waals surface area contributed by atoms with Crippen LogP contribution in [0.3, 0.4) is 0 Å². The van der Waals surface area contributed by atoms with Crippen LogP contribution in [0.25, 0.3) is 22.2 Å². The van der Waals surface area contributed by atoms with Gasteiger partial charge in [-0.25, -0.2) is 9.97 Å². The molecule has 5 rings (SSSR count). The van der Waals surface area contributed by atoms with Gasteiger partial charge in [0.05, 0.1) is 0 Å². The summed E-state index contributed by atoms with van der Waals surface area (Å²) in [6, 6.07) is 10.2. The first kappa shape index (κ1) is 20.7. The molecule has 0 saturated carbocycles. The van der Waals surface area contributed by atoms with Crippen LogP contribution in [0.1, 0.15) is 0 Å². The number of H-pyrrole nitrogens is 1. The Kier molecular flexibility index (Phi) is 5.50. The van der Waals surface area contributed by atoms with Gasteiger partial charge in [0.1, 0.15) is 17.0 Å². The fraction of sp³-hybridized carbons (Fsp3) is 0.250. The zero-order chi connectivity index (χ0) is 22.8. The number of fused-ring (bicyclic) bond motifs is 1. The Labute approximate surface area is 191 Å². The number of nitrogens with one attached hydrogen (secondary N) is 2. The summed E-state index contributed by atoms with van der Waals surface area (Å²) in [7, 11) is 4.06. The maximum Gasteiger partial charge on any atom is 0.229 e. The summed E-state index contributed by atoms with van der Waals surface area (Å²) >= 11 is 0. The highest BCUT2D eigenvalue weighted by atomic mass is 15.3. The van der Waals surface area contributed by atoms with Crippen LogP contribution < -0.4 is 15.7 Å². The van der Waals surface area contributed by atoms with Gasteiger partial charge in [-0.2, -0.15) is 9.98 Å². The van der Waals surface area contributed by atoms with E-state index in [4.69, 9.17) is 6.42 Å².